The summed E-state index contributed by atoms with van der Waals surface area (Å²) in [5, 5.41) is 2.82. The normalized spacial score (nSPS) is 10.8. The van der Waals surface area contributed by atoms with E-state index < -0.39 is 0 Å². The zero-order chi connectivity index (χ0) is 14.8. The first-order valence-corrected chi connectivity index (χ1v) is 6.49. The number of rotatable bonds is 3. The van der Waals surface area contributed by atoms with Gasteiger partial charge in [-0.15, -0.1) is 0 Å². The van der Waals surface area contributed by atoms with Crippen molar-refractivity contribution in [2.75, 3.05) is 5.32 Å². The number of aryl methyl sites for hydroxylation is 1. The third kappa shape index (κ3) is 2.75. The minimum atomic E-state index is -0.216. The molecule has 2 aromatic heterocycles. The lowest BCUT2D eigenvalue weighted by molar-refractivity contribution is 0.102. The van der Waals surface area contributed by atoms with Crippen molar-refractivity contribution in [1.29, 1.82) is 0 Å². The van der Waals surface area contributed by atoms with E-state index in [2.05, 4.69) is 15.3 Å². The van der Waals surface area contributed by atoms with E-state index in [-0.39, 0.29) is 5.91 Å². The van der Waals surface area contributed by atoms with Gasteiger partial charge < -0.3 is 15.5 Å². The van der Waals surface area contributed by atoms with Gasteiger partial charge in [0.25, 0.3) is 5.91 Å². The number of nitrogens with zero attached hydrogens (tertiary/aromatic N) is 2. The summed E-state index contributed by atoms with van der Waals surface area (Å²) in [4.78, 5) is 20.5. The number of carbonyl (C=O) groups is 1. The van der Waals surface area contributed by atoms with E-state index >= 15 is 0 Å². The summed E-state index contributed by atoms with van der Waals surface area (Å²) in [5.74, 6) is 0.377. The van der Waals surface area contributed by atoms with Crippen LogP contribution in [0.25, 0.3) is 11.1 Å². The predicted octanol–water partition coefficient (Wildman–Crippen LogP) is 2.24. The van der Waals surface area contributed by atoms with Crippen LogP contribution < -0.4 is 11.1 Å². The SMILES string of the molecule is Cc1nc2cc(NC(=O)c3ccnc(CN)c3)ccc2o1. The Morgan fingerprint density at radius 3 is 3.00 bits per heavy atom. The molecule has 6 nitrogen and oxygen atoms in total. The van der Waals surface area contributed by atoms with E-state index in [0.717, 1.165) is 0 Å². The number of pyridine rings is 1. The maximum atomic E-state index is 12.2. The molecule has 0 aliphatic carbocycles. The lowest BCUT2D eigenvalue weighted by atomic mass is 10.2. The Hall–Kier alpha value is -2.73. The Morgan fingerprint density at radius 2 is 2.19 bits per heavy atom. The molecule has 0 spiro atoms. The summed E-state index contributed by atoms with van der Waals surface area (Å²) in [6.45, 7) is 2.08. The van der Waals surface area contributed by atoms with Gasteiger partial charge in [-0.25, -0.2) is 4.98 Å². The Bertz CT molecular complexity index is 810. The number of carbonyl (C=O) groups excluding carboxylic acids is 1. The second kappa shape index (κ2) is 5.34. The molecule has 21 heavy (non-hydrogen) atoms. The van der Waals surface area contributed by atoms with Crippen LogP contribution in [0, 0.1) is 6.92 Å². The first kappa shape index (κ1) is 13.3. The van der Waals surface area contributed by atoms with Gasteiger partial charge >= 0.3 is 0 Å². The monoisotopic (exact) mass is 282 g/mol. The lowest BCUT2D eigenvalue weighted by Crippen LogP contribution is -2.13. The first-order chi connectivity index (χ1) is 10.2. The molecule has 1 amide bonds. The second-order valence-corrected chi connectivity index (χ2v) is 4.61. The Balaban J connectivity index is 1.84. The van der Waals surface area contributed by atoms with Gasteiger partial charge in [-0.3, -0.25) is 9.78 Å². The van der Waals surface area contributed by atoms with E-state index in [9.17, 15) is 4.79 Å². The molecule has 1 aromatic carbocycles. The van der Waals surface area contributed by atoms with Gasteiger partial charge in [0.05, 0.1) is 5.69 Å². The topological polar surface area (TPSA) is 94.0 Å². The van der Waals surface area contributed by atoms with Gasteiger partial charge in [0, 0.05) is 30.9 Å². The average molecular weight is 282 g/mol. The van der Waals surface area contributed by atoms with Crippen LogP contribution in [0.1, 0.15) is 21.9 Å². The van der Waals surface area contributed by atoms with Crippen LogP contribution >= 0.6 is 0 Å². The molecule has 0 saturated carbocycles. The van der Waals surface area contributed by atoms with Crippen LogP contribution in [-0.4, -0.2) is 15.9 Å². The van der Waals surface area contributed by atoms with Gasteiger partial charge in [-0.05, 0) is 30.3 Å². The maximum Gasteiger partial charge on any atom is 0.255 e. The lowest BCUT2D eigenvalue weighted by Gasteiger charge is -2.05. The number of hydrogen-bond acceptors (Lipinski definition) is 5. The predicted molar refractivity (Wildman–Crippen MR) is 78.8 cm³/mol. The molecule has 3 rings (SSSR count). The number of benzene rings is 1. The molecule has 0 unspecified atom stereocenters. The van der Waals surface area contributed by atoms with Crippen LogP contribution in [0.4, 0.5) is 5.69 Å². The van der Waals surface area contributed by atoms with Gasteiger partial charge in [0.1, 0.15) is 5.52 Å². The number of anilines is 1. The van der Waals surface area contributed by atoms with Crippen molar-refractivity contribution in [3.63, 3.8) is 0 Å². The molecule has 3 N–H and O–H groups in total. The van der Waals surface area contributed by atoms with Crippen molar-refractivity contribution < 1.29 is 9.21 Å². The summed E-state index contributed by atoms with van der Waals surface area (Å²) in [5.41, 5.74) is 8.77. The fourth-order valence-electron chi connectivity index (χ4n) is 2.05. The number of amides is 1. The summed E-state index contributed by atoms with van der Waals surface area (Å²) < 4.78 is 5.40. The van der Waals surface area contributed by atoms with E-state index in [4.69, 9.17) is 10.2 Å². The van der Waals surface area contributed by atoms with Crippen molar-refractivity contribution in [2.45, 2.75) is 13.5 Å². The van der Waals surface area contributed by atoms with Gasteiger partial charge in [0.15, 0.2) is 11.5 Å². The van der Waals surface area contributed by atoms with Crippen LogP contribution in [-0.2, 0) is 6.54 Å². The number of fused-ring (bicyclic) bond motifs is 1. The summed E-state index contributed by atoms with van der Waals surface area (Å²) in [6, 6.07) is 8.65. The minimum absolute atomic E-state index is 0.216. The van der Waals surface area contributed by atoms with Gasteiger partial charge in [-0.2, -0.15) is 0 Å². The number of aromatic nitrogens is 2. The summed E-state index contributed by atoms with van der Waals surface area (Å²) in [6.07, 6.45) is 1.57. The fourth-order valence-corrected chi connectivity index (χ4v) is 2.05. The van der Waals surface area contributed by atoms with Gasteiger partial charge in [-0.1, -0.05) is 0 Å². The first-order valence-electron chi connectivity index (χ1n) is 6.49. The number of oxazole rings is 1. The van der Waals surface area contributed by atoms with Gasteiger partial charge in [0.2, 0.25) is 0 Å². The standard InChI is InChI=1S/C15H14N4O2/c1-9-18-13-7-11(2-3-14(13)21-9)19-15(20)10-4-5-17-12(6-10)8-16/h2-7H,8,16H2,1H3,(H,19,20). The number of hydrogen-bond donors (Lipinski definition) is 2. The molecule has 3 aromatic rings. The van der Waals surface area contributed by atoms with E-state index in [1.54, 1.807) is 43.5 Å². The number of nitrogens with two attached hydrogens (primary N) is 1. The van der Waals surface area contributed by atoms with Crippen LogP contribution in [0.2, 0.25) is 0 Å². The van der Waals surface area contributed by atoms with E-state index in [1.165, 1.54) is 0 Å². The summed E-state index contributed by atoms with van der Waals surface area (Å²) in [7, 11) is 0. The highest BCUT2D eigenvalue weighted by atomic mass is 16.3. The molecule has 0 aliphatic heterocycles. The highest BCUT2D eigenvalue weighted by Crippen LogP contribution is 2.20. The molecule has 6 heteroatoms. The van der Waals surface area contributed by atoms with E-state index in [1.807, 2.05) is 0 Å². The summed E-state index contributed by atoms with van der Waals surface area (Å²) >= 11 is 0. The third-order valence-corrected chi connectivity index (χ3v) is 3.04. The highest BCUT2D eigenvalue weighted by molar-refractivity contribution is 6.04. The van der Waals surface area contributed by atoms with Crippen LogP contribution in [0.3, 0.4) is 0 Å². The molecular formula is C15H14N4O2. The molecule has 0 atom stereocenters. The van der Waals surface area contributed by atoms with Crippen molar-refractivity contribution in [2.24, 2.45) is 5.73 Å². The van der Waals surface area contributed by atoms with E-state index in [0.29, 0.717) is 40.5 Å². The number of nitrogens with one attached hydrogen (secondary N) is 1. The molecular weight excluding hydrogens is 268 g/mol. The molecule has 0 bridgehead atoms. The van der Waals surface area contributed by atoms with Crippen molar-refractivity contribution in [3.8, 4) is 0 Å². The smallest absolute Gasteiger partial charge is 0.255 e. The van der Waals surface area contributed by atoms with Crippen molar-refractivity contribution in [1.82, 2.24) is 9.97 Å². The molecule has 0 saturated heterocycles. The zero-order valence-corrected chi connectivity index (χ0v) is 11.5. The van der Waals surface area contributed by atoms with Crippen LogP contribution in [0.5, 0.6) is 0 Å². The van der Waals surface area contributed by atoms with Crippen LogP contribution in [0.15, 0.2) is 40.9 Å². The van der Waals surface area contributed by atoms with Crippen molar-refractivity contribution in [3.05, 3.63) is 53.7 Å². The molecule has 0 radical (unpaired) electrons. The quantitative estimate of drug-likeness (QED) is 0.768. The second-order valence-electron chi connectivity index (χ2n) is 4.61. The maximum absolute atomic E-state index is 12.2. The Kier molecular flexibility index (Phi) is 3.37. The Labute approximate surface area is 121 Å². The zero-order valence-electron chi connectivity index (χ0n) is 11.5. The Morgan fingerprint density at radius 1 is 1.33 bits per heavy atom. The molecule has 106 valence electrons. The molecule has 2 heterocycles. The minimum Gasteiger partial charge on any atom is -0.441 e. The average Bonchev–Trinajstić information content (AvgIpc) is 2.86. The molecule has 0 fully saturated rings. The third-order valence-electron chi connectivity index (χ3n) is 3.04. The molecule has 0 aliphatic rings. The largest absolute Gasteiger partial charge is 0.441 e. The fraction of sp³-hybridized carbons (Fsp3) is 0.133. The van der Waals surface area contributed by atoms with Crippen molar-refractivity contribution >= 4 is 22.7 Å². The highest BCUT2D eigenvalue weighted by Gasteiger charge is 2.09.